The van der Waals surface area contributed by atoms with Gasteiger partial charge in [0.25, 0.3) is 5.91 Å². The second kappa shape index (κ2) is 4.87. The fraction of sp³-hybridized carbons (Fsp3) is 0.714. The van der Waals surface area contributed by atoms with Gasteiger partial charge in [-0.05, 0) is 39.5 Å². The number of nitrogen functional groups attached to an aromatic ring is 1. The van der Waals surface area contributed by atoms with Gasteiger partial charge in [0.1, 0.15) is 5.82 Å². The summed E-state index contributed by atoms with van der Waals surface area (Å²) in [4.78, 5) is 14.3. The molecule has 0 aromatic carbocycles. The predicted octanol–water partition coefficient (Wildman–Crippen LogP) is 2.09. The zero-order valence-corrected chi connectivity index (χ0v) is 12.3. The molecule has 1 amide bonds. The summed E-state index contributed by atoms with van der Waals surface area (Å²) in [5, 5.41) is 4.38. The number of nitrogens with zero attached hydrogens (tertiary/aromatic N) is 3. The minimum atomic E-state index is -0.211. The summed E-state index contributed by atoms with van der Waals surface area (Å²) < 4.78 is 1.72. The standard InChI is InChI=1S/C14H24N4O/c1-10-6-5-7-17(9-10)13(19)11-8-12(15)18(16-11)14(2,3)4/h8,10H,5-7,9,15H2,1-4H3. The monoisotopic (exact) mass is 264 g/mol. The lowest BCUT2D eigenvalue weighted by Gasteiger charge is -2.30. The number of carbonyl (C=O) groups excluding carboxylic acids is 1. The molecule has 1 aliphatic rings. The van der Waals surface area contributed by atoms with E-state index in [1.54, 1.807) is 10.7 Å². The summed E-state index contributed by atoms with van der Waals surface area (Å²) >= 11 is 0. The van der Waals surface area contributed by atoms with Crippen LogP contribution in [0.5, 0.6) is 0 Å². The Labute approximate surface area is 114 Å². The van der Waals surface area contributed by atoms with E-state index in [9.17, 15) is 4.79 Å². The number of piperidine rings is 1. The number of likely N-dealkylation sites (tertiary alicyclic amines) is 1. The van der Waals surface area contributed by atoms with Crippen LogP contribution in [0.2, 0.25) is 0 Å². The molecule has 1 fully saturated rings. The van der Waals surface area contributed by atoms with Crippen molar-refractivity contribution < 1.29 is 4.79 Å². The summed E-state index contributed by atoms with van der Waals surface area (Å²) in [5.41, 5.74) is 6.20. The van der Waals surface area contributed by atoms with Crippen LogP contribution in [-0.4, -0.2) is 33.7 Å². The van der Waals surface area contributed by atoms with E-state index in [-0.39, 0.29) is 11.4 Å². The van der Waals surface area contributed by atoms with Crippen LogP contribution >= 0.6 is 0 Å². The molecule has 19 heavy (non-hydrogen) atoms. The lowest BCUT2D eigenvalue weighted by atomic mass is 10.00. The van der Waals surface area contributed by atoms with Crippen molar-refractivity contribution in [3.05, 3.63) is 11.8 Å². The Hall–Kier alpha value is -1.52. The van der Waals surface area contributed by atoms with Gasteiger partial charge in [-0.1, -0.05) is 6.92 Å². The van der Waals surface area contributed by atoms with Gasteiger partial charge in [0.15, 0.2) is 5.69 Å². The summed E-state index contributed by atoms with van der Waals surface area (Å²) in [6, 6.07) is 1.69. The van der Waals surface area contributed by atoms with Crippen molar-refractivity contribution >= 4 is 11.7 Å². The Bertz CT molecular complexity index is 472. The third-order valence-corrected chi connectivity index (χ3v) is 3.54. The van der Waals surface area contributed by atoms with E-state index < -0.39 is 0 Å². The highest BCUT2D eigenvalue weighted by atomic mass is 16.2. The first-order valence-corrected chi connectivity index (χ1v) is 6.94. The van der Waals surface area contributed by atoms with Crippen LogP contribution in [0.3, 0.4) is 0 Å². The third-order valence-electron chi connectivity index (χ3n) is 3.54. The van der Waals surface area contributed by atoms with Crippen LogP contribution in [0, 0.1) is 5.92 Å². The molecule has 2 N–H and O–H groups in total. The molecule has 2 heterocycles. The highest BCUT2D eigenvalue weighted by Crippen LogP contribution is 2.22. The molecular formula is C14H24N4O. The first kappa shape index (κ1) is 13.9. The van der Waals surface area contributed by atoms with Gasteiger partial charge >= 0.3 is 0 Å². The van der Waals surface area contributed by atoms with E-state index >= 15 is 0 Å². The second-order valence-corrected chi connectivity index (χ2v) is 6.54. The van der Waals surface area contributed by atoms with Crippen molar-refractivity contribution in [2.24, 2.45) is 5.92 Å². The Morgan fingerprint density at radius 3 is 2.68 bits per heavy atom. The third kappa shape index (κ3) is 2.91. The molecule has 2 rings (SSSR count). The summed E-state index contributed by atoms with van der Waals surface area (Å²) in [7, 11) is 0. The van der Waals surface area contributed by atoms with Crippen molar-refractivity contribution in [2.75, 3.05) is 18.8 Å². The minimum Gasteiger partial charge on any atom is -0.384 e. The quantitative estimate of drug-likeness (QED) is 0.844. The molecule has 0 aliphatic carbocycles. The van der Waals surface area contributed by atoms with Crippen LogP contribution in [0.1, 0.15) is 51.0 Å². The minimum absolute atomic E-state index is 0.00116. The van der Waals surface area contributed by atoms with Crippen molar-refractivity contribution in [2.45, 2.75) is 46.1 Å². The van der Waals surface area contributed by atoms with E-state index in [0.29, 0.717) is 17.4 Å². The number of aromatic nitrogens is 2. The molecule has 0 bridgehead atoms. The largest absolute Gasteiger partial charge is 0.384 e. The topological polar surface area (TPSA) is 64.2 Å². The fourth-order valence-corrected chi connectivity index (χ4v) is 2.57. The Kier molecular flexibility index (Phi) is 3.56. The zero-order chi connectivity index (χ0) is 14.2. The number of hydrogen-bond donors (Lipinski definition) is 1. The summed E-state index contributed by atoms with van der Waals surface area (Å²) in [6.07, 6.45) is 2.27. The van der Waals surface area contributed by atoms with Gasteiger partial charge < -0.3 is 10.6 Å². The van der Waals surface area contributed by atoms with E-state index in [1.807, 2.05) is 25.7 Å². The SMILES string of the molecule is CC1CCCN(C(=O)c2cc(N)n(C(C)(C)C)n2)C1. The molecule has 106 valence electrons. The van der Waals surface area contributed by atoms with E-state index in [4.69, 9.17) is 5.73 Å². The molecule has 1 saturated heterocycles. The highest BCUT2D eigenvalue weighted by Gasteiger charge is 2.26. The fourth-order valence-electron chi connectivity index (χ4n) is 2.57. The molecule has 5 heteroatoms. The van der Waals surface area contributed by atoms with Crippen molar-refractivity contribution in [3.63, 3.8) is 0 Å². The van der Waals surface area contributed by atoms with Crippen molar-refractivity contribution in [1.82, 2.24) is 14.7 Å². The van der Waals surface area contributed by atoms with E-state index in [1.165, 1.54) is 6.42 Å². The first-order valence-electron chi connectivity index (χ1n) is 6.94. The number of carbonyl (C=O) groups is 1. The van der Waals surface area contributed by atoms with Crippen molar-refractivity contribution in [3.8, 4) is 0 Å². The number of nitrogens with two attached hydrogens (primary N) is 1. The molecule has 5 nitrogen and oxygen atoms in total. The number of amides is 1. The predicted molar refractivity (Wildman–Crippen MR) is 75.9 cm³/mol. The Balaban J connectivity index is 2.20. The lowest BCUT2D eigenvalue weighted by molar-refractivity contribution is 0.0675. The number of anilines is 1. The maximum atomic E-state index is 12.4. The molecule has 1 aromatic heterocycles. The van der Waals surface area contributed by atoms with Crippen molar-refractivity contribution in [1.29, 1.82) is 0 Å². The van der Waals surface area contributed by atoms with Crippen LogP contribution in [-0.2, 0) is 5.54 Å². The van der Waals surface area contributed by atoms with Crippen LogP contribution in [0.25, 0.3) is 0 Å². The van der Waals surface area contributed by atoms with Crippen LogP contribution < -0.4 is 5.73 Å². The average molecular weight is 264 g/mol. The summed E-state index contributed by atoms with van der Waals surface area (Å²) in [5.74, 6) is 1.11. The summed E-state index contributed by atoms with van der Waals surface area (Å²) in [6.45, 7) is 9.89. The first-order chi connectivity index (χ1) is 8.79. The van der Waals surface area contributed by atoms with E-state index in [2.05, 4.69) is 12.0 Å². The molecule has 0 spiro atoms. The number of hydrogen-bond acceptors (Lipinski definition) is 3. The average Bonchev–Trinajstić information content (AvgIpc) is 2.70. The lowest BCUT2D eigenvalue weighted by Crippen LogP contribution is -2.39. The van der Waals surface area contributed by atoms with Gasteiger partial charge in [-0.25, -0.2) is 4.68 Å². The Morgan fingerprint density at radius 1 is 1.47 bits per heavy atom. The van der Waals surface area contributed by atoms with Gasteiger partial charge in [-0.15, -0.1) is 0 Å². The molecule has 0 saturated carbocycles. The molecule has 1 unspecified atom stereocenters. The normalized spacial score (nSPS) is 20.6. The zero-order valence-electron chi connectivity index (χ0n) is 12.3. The van der Waals surface area contributed by atoms with Crippen LogP contribution in [0.4, 0.5) is 5.82 Å². The molecule has 1 aliphatic heterocycles. The van der Waals surface area contributed by atoms with Gasteiger partial charge in [0.2, 0.25) is 0 Å². The molecular weight excluding hydrogens is 240 g/mol. The smallest absolute Gasteiger partial charge is 0.274 e. The maximum Gasteiger partial charge on any atom is 0.274 e. The maximum absolute atomic E-state index is 12.4. The van der Waals surface area contributed by atoms with Gasteiger partial charge in [0.05, 0.1) is 5.54 Å². The van der Waals surface area contributed by atoms with Gasteiger partial charge in [-0.3, -0.25) is 4.79 Å². The number of rotatable bonds is 1. The van der Waals surface area contributed by atoms with Gasteiger partial charge in [0, 0.05) is 19.2 Å². The molecule has 0 radical (unpaired) electrons. The second-order valence-electron chi connectivity index (χ2n) is 6.54. The highest BCUT2D eigenvalue weighted by molar-refractivity contribution is 5.93. The molecule has 1 aromatic rings. The molecule has 1 atom stereocenters. The van der Waals surface area contributed by atoms with Gasteiger partial charge in [-0.2, -0.15) is 5.10 Å². The Morgan fingerprint density at radius 2 is 2.16 bits per heavy atom. The van der Waals surface area contributed by atoms with E-state index in [0.717, 1.165) is 19.5 Å². The van der Waals surface area contributed by atoms with Crippen LogP contribution in [0.15, 0.2) is 6.07 Å².